The number of carbonyl (C=O) groups excluding carboxylic acids is 1. The van der Waals surface area contributed by atoms with Gasteiger partial charge in [-0.1, -0.05) is 0 Å². The molecule has 1 unspecified atom stereocenters. The Morgan fingerprint density at radius 3 is 2.90 bits per heavy atom. The Balaban J connectivity index is 2.12. The van der Waals surface area contributed by atoms with Crippen molar-refractivity contribution in [3.8, 4) is 0 Å². The standard InChI is InChI=1S/C12H13N3O4S/c1-3-19-12(18)15-4-6-7(5(15)2)8-9(20-6)10(16)14-11(17)13-8/h5H,3-4H2,1-2H3,(H2,13,14,16,17). The Bertz CT molecular complexity index is 803. The van der Waals surface area contributed by atoms with Gasteiger partial charge >= 0.3 is 11.8 Å². The number of ether oxygens (including phenoxy) is 1. The van der Waals surface area contributed by atoms with Crippen molar-refractivity contribution in [2.75, 3.05) is 6.61 Å². The fraction of sp³-hybridized carbons (Fsp3) is 0.417. The highest BCUT2D eigenvalue weighted by Crippen LogP contribution is 2.41. The molecule has 8 heteroatoms. The van der Waals surface area contributed by atoms with E-state index in [9.17, 15) is 14.4 Å². The SMILES string of the molecule is CCOC(=O)N1Cc2sc3c(=O)[nH]c(=O)[nH]c3c2C1C. The minimum atomic E-state index is -0.537. The number of amides is 1. The van der Waals surface area contributed by atoms with Gasteiger partial charge in [0.05, 0.1) is 24.7 Å². The summed E-state index contributed by atoms with van der Waals surface area (Å²) in [5.41, 5.74) is 0.433. The van der Waals surface area contributed by atoms with Gasteiger partial charge in [0.1, 0.15) is 4.70 Å². The number of nitrogens with zero attached hydrogens (tertiary/aromatic N) is 1. The minimum Gasteiger partial charge on any atom is -0.450 e. The molecule has 0 saturated carbocycles. The number of aromatic nitrogens is 2. The van der Waals surface area contributed by atoms with Crippen LogP contribution in [0.25, 0.3) is 10.2 Å². The molecule has 1 aliphatic heterocycles. The summed E-state index contributed by atoms with van der Waals surface area (Å²) in [5, 5.41) is 0. The third kappa shape index (κ3) is 1.75. The summed E-state index contributed by atoms with van der Waals surface area (Å²) in [6.45, 7) is 4.32. The first-order valence-corrected chi connectivity index (χ1v) is 7.05. The number of H-pyrrole nitrogens is 2. The molecule has 20 heavy (non-hydrogen) atoms. The number of thiophene rings is 1. The van der Waals surface area contributed by atoms with E-state index in [2.05, 4.69) is 9.97 Å². The van der Waals surface area contributed by atoms with Crippen LogP contribution in [0.15, 0.2) is 9.59 Å². The molecule has 3 heterocycles. The molecule has 7 nitrogen and oxygen atoms in total. The van der Waals surface area contributed by atoms with Crippen LogP contribution in [0.1, 0.15) is 30.3 Å². The highest BCUT2D eigenvalue weighted by Gasteiger charge is 2.35. The van der Waals surface area contributed by atoms with Gasteiger partial charge in [0.2, 0.25) is 0 Å². The molecule has 2 N–H and O–H groups in total. The monoisotopic (exact) mass is 295 g/mol. The number of aromatic amines is 2. The molecule has 1 atom stereocenters. The first kappa shape index (κ1) is 12.9. The van der Waals surface area contributed by atoms with Crippen molar-refractivity contribution >= 4 is 27.6 Å². The lowest BCUT2D eigenvalue weighted by atomic mass is 10.1. The summed E-state index contributed by atoms with van der Waals surface area (Å²) < 4.78 is 5.50. The molecule has 2 aromatic rings. The van der Waals surface area contributed by atoms with E-state index in [0.717, 1.165) is 10.4 Å². The first-order valence-electron chi connectivity index (χ1n) is 6.24. The summed E-state index contributed by atoms with van der Waals surface area (Å²) in [4.78, 5) is 42.4. The zero-order valence-corrected chi connectivity index (χ0v) is 11.8. The van der Waals surface area contributed by atoms with Gasteiger partial charge in [-0.05, 0) is 13.8 Å². The van der Waals surface area contributed by atoms with Gasteiger partial charge in [0.15, 0.2) is 0 Å². The van der Waals surface area contributed by atoms with Crippen molar-refractivity contribution in [1.29, 1.82) is 0 Å². The number of rotatable bonds is 1. The number of carbonyl (C=O) groups is 1. The van der Waals surface area contributed by atoms with Crippen LogP contribution < -0.4 is 11.2 Å². The van der Waals surface area contributed by atoms with Crippen LogP contribution in [0.3, 0.4) is 0 Å². The molecule has 2 aromatic heterocycles. The van der Waals surface area contributed by atoms with Gasteiger partial charge in [-0.3, -0.25) is 14.7 Å². The van der Waals surface area contributed by atoms with Gasteiger partial charge in [0, 0.05) is 10.4 Å². The van der Waals surface area contributed by atoms with Crippen molar-refractivity contribution < 1.29 is 9.53 Å². The van der Waals surface area contributed by atoms with E-state index < -0.39 is 11.2 Å². The lowest BCUT2D eigenvalue weighted by Gasteiger charge is -2.21. The molecular weight excluding hydrogens is 282 g/mol. The Morgan fingerprint density at radius 2 is 2.20 bits per heavy atom. The van der Waals surface area contributed by atoms with Crippen LogP contribution in [-0.2, 0) is 11.3 Å². The van der Waals surface area contributed by atoms with Crippen LogP contribution in [-0.4, -0.2) is 27.6 Å². The lowest BCUT2D eigenvalue weighted by Crippen LogP contribution is -2.29. The van der Waals surface area contributed by atoms with Crippen molar-refractivity contribution in [1.82, 2.24) is 14.9 Å². The summed E-state index contributed by atoms with van der Waals surface area (Å²) in [7, 11) is 0. The van der Waals surface area contributed by atoms with Crippen molar-refractivity contribution in [2.24, 2.45) is 0 Å². The second kappa shape index (κ2) is 4.48. The molecular formula is C12H13N3O4S. The third-order valence-corrected chi connectivity index (χ3v) is 4.58. The quantitative estimate of drug-likeness (QED) is 0.829. The van der Waals surface area contributed by atoms with Crippen LogP contribution in [0.4, 0.5) is 4.79 Å². The molecule has 106 valence electrons. The largest absolute Gasteiger partial charge is 0.450 e. The number of hydrogen-bond donors (Lipinski definition) is 2. The third-order valence-electron chi connectivity index (χ3n) is 3.40. The van der Waals surface area contributed by atoms with Crippen LogP contribution in [0.5, 0.6) is 0 Å². The van der Waals surface area contributed by atoms with E-state index >= 15 is 0 Å². The Hall–Kier alpha value is -2.09. The molecule has 3 rings (SSSR count). The van der Waals surface area contributed by atoms with Gasteiger partial charge in [-0.2, -0.15) is 0 Å². The lowest BCUT2D eigenvalue weighted by molar-refractivity contribution is 0.0965. The second-order valence-electron chi connectivity index (χ2n) is 4.55. The fourth-order valence-electron chi connectivity index (χ4n) is 2.52. The van der Waals surface area contributed by atoms with E-state index in [1.54, 1.807) is 11.8 Å². The van der Waals surface area contributed by atoms with E-state index in [4.69, 9.17) is 4.74 Å². The van der Waals surface area contributed by atoms with E-state index in [1.165, 1.54) is 11.3 Å². The van der Waals surface area contributed by atoms with Gasteiger partial charge in [-0.25, -0.2) is 9.59 Å². The Kier molecular flexibility index (Phi) is 2.89. The zero-order valence-electron chi connectivity index (χ0n) is 11.0. The van der Waals surface area contributed by atoms with Crippen LogP contribution in [0.2, 0.25) is 0 Å². The maximum absolute atomic E-state index is 11.9. The molecule has 0 aliphatic carbocycles. The predicted octanol–water partition coefficient (Wildman–Crippen LogP) is 1.31. The molecule has 0 spiro atoms. The summed E-state index contributed by atoms with van der Waals surface area (Å²) >= 11 is 1.30. The van der Waals surface area contributed by atoms with E-state index in [-0.39, 0.29) is 12.1 Å². The molecule has 1 amide bonds. The Morgan fingerprint density at radius 1 is 1.45 bits per heavy atom. The molecule has 0 aromatic carbocycles. The second-order valence-corrected chi connectivity index (χ2v) is 5.66. The number of nitrogens with one attached hydrogen (secondary N) is 2. The zero-order chi connectivity index (χ0) is 14.4. The van der Waals surface area contributed by atoms with Gasteiger partial charge < -0.3 is 9.72 Å². The van der Waals surface area contributed by atoms with Crippen molar-refractivity contribution in [2.45, 2.75) is 26.4 Å². The van der Waals surface area contributed by atoms with E-state index in [1.807, 2.05) is 6.92 Å². The number of fused-ring (bicyclic) bond motifs is 3. The normalized spacial score (nSPS) is 17.5. The fourth-order valence-corrected chi connectivity index (χ4v) is 3.75. The van der Waals surface area contributed by atoms with Gasteiger partial charge in [0.25, 0.3) is 5.56 Å². The molecule has 0 saturated heterocycles. The minimum absolute atomic E-state index is 0.227. The number of hydrogen-bond acceptors (Lipinski definition) is 5. The van der Waals surface area contributed by atoms with Crippen molar-refractivity contribution in [3.63, 3.8) is 0 Å². The topological polar surface area (TPSA) is 95.3 Å². The Labute approximate surface area is 117 Å². The smallest absolute Gasteiger partial charge is 0.410 e. The van der Waals surface area contributed by atoms with Crippen LogP contribution >= 0.6 is 11.3 Å². The van der Waals surface area contributed by atoms with Crippen molar-refractivity contribution in [3.05, 3.63) is 31.3 Å². The van der Waals surface area contributed by atoms with Crippen LogP contribution in [0, 0.1) is 0 Å². The summed E-state index contributed by atoms with van der Waals surface area (Å²) in [6, 6.07) is -0.227. The maximum Gasteiger partial charge on any atom is 0.410 e. The maximum atomic E-state index is 11.9. The molecule has 0 fully saturated rings. The summed E-state index contributed by atoms with van der Waals surface area (Å²) in [6.07, 6.45) is -0.385. The molecule has 0 bridgehead atoms. The van der Waals surface area contributed by atoms with Gasteiger partial charge in [-0.15, -0.1) is 11.3 Å². The highest BCUT2D eigenvalue weighted by atomic mass is 32.1. The molecule has 0 radical (unpaired) electrons. The highest BCUT2D eigenvalue weighted by molar-refractivity contribution is 7.19. The first-order chi connectivity index (χ1) is 9.52. The average molecular weight is 295 g/mol. The van der Waals surface area contributed by atoms with E-state index in [0.29, 0.717) is 23.4 Å². The summed E-state index contributed by atoms with van der Waals surface area (Å²) in [5.74, 6) is 0. The average Bonchev–Trinajstić information content (AvgIpc) is 2.88. The predicted molar refractivity (Wildman–Crippen MR) is 74.0 cm³/mol. The molecule has 1 aliphatic rings.